The number of nitrogens with zero attached hydrogens (tertiary/aromatic N) is 3. The average Bonchev–Trinajstić information content (AvgIpc) is 3.04. The van der Waals surface area contributed by atoms with E-state index in [1.54, 1.807) is 17.5 Å². The molecule has 0 amide bonds. The second kappa shape index (κ2) is 4.01. The van der Waals surface area contributed by atoms with Crippen LogP contribution in [0.4, 0.5) is 0 Å². The summed E-state index contributed by atoms with van der Waals surface area (Å²) in [5.74, 6) is 0. The molecule has 0 unspecified atom stereocenters. The fourth-order valence-electron chi connectivity index (χ4n) is 2.19. The van der Waals surface area contributed by atoms with Crippen LogP contribution in [0.5, 0.6) is 0 Å². The van der Waals surface area contributed by atoms with Crippen LogP contribution in [0.2, 0.25) is 5.28 Å². The molecule has 19 heavy (non-hydrogen) atoms. The molecule has 0 aliphatic rings. The minimum absolute atomic E-state index is 0.223. The largest absolute Gasteiger partial charge is 0.261 e. The van der Waals surface area contributed by atoms with E-state index in [2.05, 4.69) is 37.7 Å². The Morgan fingerprint density at radius 1 is 1.16 bits per heavy atom. The van der Waals surface area contributed by atoms with E-state index in [-0.39, 0.29) is 5.28 Å². The third-order valence-electron chi connectivity index (χ3n) is 3.02. The number of hydrogen-bond donors (Lipinski definition) is 1. The highest BCUT2D eigenvalue weighted by molar-refractivity contribution is 7.17. The molecule has 0 saturated carbocycles. The van der Waals surface area contributed by atoms with E-state index in [1.807, 2.05) is 12.1 Å². The van der Waals surface area contributed by atoms with Crippen molar-refractivity contribution in [2.24, 2.45) is 0 Å². The van der Waals surface area contributed by atoms with Gasteiger partial charge in [0.2, 0.25) is 5.28 Å². The summed E-state index contributed by atoms with van der Waals surface area (Å²) >= 11 is 7.68. The zero-order chi connectivity index (χ0) is 12.8. The van der Waals surface area contributed by atoms with Crippen molar-refractivity contribution in [3.05, 3.63) is 41.1 Å². The maximum atomic E-state index is 5.99. The lowest BCUT2D eigenvalue weighted by atomic mass is 10.1. The van der Waals surface area contributed by atoms with Gasteiger partial charge in [0.1, 0.15) is 0 Å². The molecule has 0 fully saturated rings. The second-order valence-corrected chi connectivity index (χ2v) is 5.37. The lowest BCUT2D eigenvalue weighted by Crippen LogP contribution is -1.89. The number of thiophene rings is 1. The van der Waals surface area contributed by atoms with Crippen molar-refractivity contribution < 1.29 is 0 Å². The van der Waals surface area contributed by atoms with Gasteiger partial charge in [-0.2, -0.15) is 10.1 Å². The zero-order valence-electron chi connectivity index (χ0n) is 9.59. The highest BCUT2D eigenvalue weighted by Gasteiger charge is 2.13. The maximum Gasteiger partial charge on any atom is 0.224 e. The van der Waals surface area contributed by atoms with Gasteiger partial charge in [0, 0.05) is 10.3 Å². The summed E-state index contributed by atoms with van der Waals surface area (Å²) in [6, 6.07) is 8.25. The number of aromatic amines is 1. The highest BCUT2D eigenvalue weighted by atomic mass is 35.5. The van der Waals surface area contributed by atoms with Crippen molar-refractivity contribution in [3.8, 4) is 11.3 Å². The van der Waals surface area contributed by atoms with Crippen LogP contribution in [0.3, 0.4) is 0 Å². The maximum absolute atomic E-state index is 5.99. The molecule has 0 aliphatic heterocycles. The molecule has 0 aliphatic carbocycles. The average molecular weight is 287 g/mol. The summed E-state index contributed by atoms with van der Waals surface area (Å²) in [6.45, 7) is 0. The van der Waals surface area contributed by atoms with Crippen LogP contribution in [0.15, 0.2) is 35.8 Å². The van der Waals surface area contributed by atoms with E-state index in [0.29, 0.717) is 5.65 Å². The minimum atomic E-state index is 0.223. The van der Waals surface area contributed by atoms with Gasteiger partial charge >= 0.3 is 0 Å². The summed E-state index contributed by atoms with van der Waals surface area (Å²) in [7, 11) is 0. The molecule has 4 aromatic rings. The van der Waals surface area contributed by atoms with Crippen LogP contribution in [0.1, 0.15) is 0 Å². The normalized spacial score (nSPS) is 11.4. The molecule has 0 bridgehead atoms. The molecule has 0 atom stereocenters. The van der Waals surface area contributed by atoms with Crippen molar-refractivity contribution in [2.75, 3.05) is 0 Å². The molecule has 0 saturated heterocycles. The number of nitrogens with one attached hydrogen (secondary N) is 1. The molecule has 0 radical (unpaired) electrons. The van der Waals surface area contributed by atoms with Crippen molar-refractivity contribution in [2.45, 2.75) is 0 Å². The van der Waals surface area contributed by atoms with Gasteiger partial charge < -0.3 is 0 Å². The van der Waals surface area contributed by atoms with Gasteiger partial charge in [-0.15, -0.1) is 11.3 Å². The first-order valence-corrected chi connectivity index (χ1v) is 6.92. The Kier molecular flexibility index (Phi) is 2.30. The SMILES string of the molecule is Clc1nc(-c2cccc3ccsc23)c2cn[nH]c2n1. The standard InChI is InChI=1S/C13H7ClN4S/c14-13-16-10(9-6-15-18-12(9)17-13)8-3-1-2-7-4-5-19-11(7)8/h1-6H,(H,15,16,17,18). The second-order valence-electron chi connectivity index (χ2n) is 4.12. The summed E-state index contributed by atoms with van der Waals surface area (Å²) in [4.78, 5) is 8.50. The number of benzene rings is 1. The predicted octanol–water partition coefficient (Wildman–Crippen LogP) is 3.89. The predicted molar refractivity (Wildman–Crippen MR) is 77.5 cm³/mol. The first kappa shape index (κ1) is 10.9. The number of fused-ring (bicyclic) bond motifs is 2. The molecule has 3 aromatic heterocycles. The molecule has 1 aromatic carbocycles. The van der Waals surface area contributed by atoms with Crippen molar-refractivity contribution in [1.29, 1.82) is 0 Å². The van der Waals surface area contributed by atoms with E-state index in [1.165, 1.54) is 10.1 Å². The van der Waals surface area contributed by atoms with Gasteiger partial charge in [-0.25, -0.2) is 4.98 Å². The minimum Gasteiger partial charge on any atom is -0.261 e. The van der Waals surface area contributed by atoms with Crippen LogP contribution >= 0.6 is 22.9 Å². The molecular formula is C13H7ClN4S. The fraction of sp³-hybridized carbons (Fsp3) is 0. The topological polar surface area (TPSA) is 54.5 Å². The first-order chi connectivity index (χ1) is 9.33. The van der Waals surface area contributed by atoms with Crippen LogP contribution in [0.25, 0.3) is 32.4 Å². The first-order valence-electron chi connectivity index (χ1n) is 5.66. The van der Waals surface area contributed by atoms with E-state index >= 15 is 0 Å². The Bertz CT molecular complexity index is 896. The Balaban J connectivity index is 2.14. The summed E-state index contributed by atoms with van der Waals surface area (Å²) in [5.41, 5.74) is 2.53. The fourth-order valence-corrected chi connectivity index (χ4v) is 3.28. The van der Waals surface area contributed by atoms with Gasteiger partial charge in [-0.05, 0) is 28.4 Å². The number of rotatable bonds is 1. The van der Waals surface area contributed by atoms with Crippen LogP contribution < -0.4 is 0 Å². The van der Waals surface area contributed by atoms with E-state index in [4.69, 9.17) is 11.6 Å². The molecule has 92 valence electrons. The van der Waals surface area contributed by atoms with E-state index in [9.17, 15) is 0 Å². The highest BCUT2D eigenvalue weighted by Crippen LogP contribution is 2.34. The lowest BCUT2D eigenvalue weighted by Gasteiger charge is -2.04. The Hall–Kier alpha value is -1.98. The molecule has 0 spiro atoms. The van der Waals surface area contributed by atoms with E-state index < -0.39 is 0 Å². The third-order valence-corrected chi connectivity index (χ3v) is 4.15. The van der Waals surface area contributed by atoms with Crippen molar-refractivity contribution >= 4 is 44.1 Å². The van der Waals surface area contributed by atoms with Gasteiger partial charge in [-0.3, -0.25) is 5.10 Å². The molecular weight excluding hydrogens is 280 g/mol. The summed E-state index contributed by atoms with van der Waals surface area (Å²) in [5, 5.41) is 11.2. The lowest BCUT2D eigenvalue weighted by molar-refractivity contribution is 1.09. The molecule has 1 N–H and O–H groups in total. The Morgan fingerprint density at radius 2 is 2.11 bits per heavy atom. The summed E-state index contributed by atoms with van der Waals surface area (Å²) < 4.78 is 1.19. The van der Waals surface area contributed by atoms with Gasteiger partial charge in [-0.1, -0.05) is 18.2 Å². The van der Waals surface area contributed by atoms with Crippen molar-refractivity contribution in [3.63, 3.8) is 0 Å². The molecule has 4 rings (SSSR count). The monoisotopic (exact) mass is 286 g/mol. The van der Waals surface area contributed by atoms with Gasteiger partial charge in [0.05, 0.1) is 17.3 Å². The number of hydrogen-bond acceptors (Lipinski definition) is 4. The van der Waals surface area contributed by atoms with Crippen LogP contribution in [0, 0.1) is 0 Å². The summed E-state index contributed by atoms with van der Waals surface area (Å²) in [6.07, 6.45) is 1.73. The Morgan fingerprint density at radius 3 is 3.05 bits per heavy atom. The van der Waals surface area contributed by atoms with Crippen LogP contribution in [-0.4, -0.2) is 20.2 Å². The zero-order valence-corrected chi connectivity index (χ0v) is 11.2. The van der Waals surface area contributed by atoms with E-state index in [0.717, 1.165) is 16.6 Å². The quantitative estimate of drug-likeness (QED) is 0.540. The number of halogens is 1. The molecule has 4 nitrogen and oxygen atoms in total. The van der Waals surface area contributed by atoms with Crippen LogP contribution in [-0.2, 0) is 0 Å². The Labute approximate surface area is 117 Å². The third kappa shape index (κ3) is 1.63. The van der Waals surface area contributed by atoms with Gasteiger partial charge in [0.15, 0.2) is 5.65 Å². The molecule has 3 heterocycles. The van der Waals surface area contributed by atoms with Crippen molar-refractivity contribution in [1.82, 2.24) is 20.2 Å². The van der Waals surface area contributed by atoms with Gasteiger partial charge in [0.25, 0.3) is 0 Å². The molecule has 6 heteroatoms. The smallest absolute Gasteiger partial charge is 0.224 e. The number of aromatic nitrogens is 4. The number of H-pyrrole nitrogens is 1.